The molecule has 0 aromatic rings. The number of rotatable bonds is 2. The Kier molecular flexibility index (Phi) is 1.47. The number of hydrogen-bond acceptors (Lipinski definition) is 4. The zero-order valence-electron chi connectivity index (χ0n) is 7.59. The summed E-state index contributed by atoms with van der Waals surface area (Å²) in [5.74, 6) is 1.39. The molecule has 5 nitrogen and oxygen atoms in total. The molecule has 3 aliphatic rings. The number of aromatic hydroxyl groups is 1. The van der Waals surface area contributed by atoms with Gasteiger partial charge >= 0.3 is 0 Å². The highest BCUT2D eigenvalue weighted by Gasteiger charge is 2.24. The van der Waals surface area contributed by atoms with Gasteiger partial charge < -0.3 is 9.67 Å². The fourth-order valence-corrected chi connectivity index (χ4v) is 1.54. The maximum Gasteiger partial charge on any atom is 0.222 e. The van der Waals surface area contributed by atoms with Gasteiger partial charge in [0.1, 0.15) is 6.33 Å². The van der Waals surface area contributed by atoms with Crippen LogP contribution in [0.2, 0.25) is 0 Å². The molecule has 1 N–H and O–H groups in total. The molecule has 0 bridgehead atoms. The molecule has 0 saturated heterocycles. The Morgan fingerprint density at radius 3 is 3.00 bits per heavy atom. The molecule has 3 rings (SSSR count). The smallest absolute Gasteiger partial charge is 0.222 e. The van der Waals surface area contributed by atoms with E-state index in [-0.39, 0.29) is 5.88 Å². The van der Waals surface area contributed by atoms with Crippen molar-refractivity contribution in [2.45, 2.75) is 19.4 Å². The van der Waals surface area contributed by atoms with Crippen LogP contribution in [0.25, 0.3) is 11.5 Å². The molecule has 14 heavy (non-hydrogen) atoms. The van der Waals surface area contributed by atoms with Crippen molar-refractivity contribution in [1.29, 1.82) is 0 Å². The summed E-state index contributed by atoms with van der Waals surface area (Å²) in [4.78, 5) is 12.0. The summed E-state index contributed by atoms with van der Waals surface area (Å²) >= 11 is 0. The first-order valence-electron chi connectivity index (χ1n) is 4.69. The maximum absolute atomic E-state index is 9.84. The lowest BCUT2D eigenvalue weighted by molar-refractivity contribution is 0.400. The van der Waals surface area contributed by atoms with E-state index in [1.54, 1.807) is 10.9 Å². The lowest BCUT2D eigenvalue weighted by Gasteiger charge is -2.09. The van der Waals surface area contributed by atoms with Gasteiger partial charge in [-0.05, 0) is 18.8 Å². The number of nitrogens with zero attached hydrogens (tertiary/aromatic N) is 4. The molecule has 72 valence electrons. The number of fused-ring (bicyclic) bond motifs is 1. The van der Waals surface area contributed by atoms with Crippen LogP contribution in [0.1, 0.15) is 12.8 Å². The van der Waals surface area contributed by atoms with E-state index in [9.17, 15) is 5.11 Å². The minimum atomic E-state index is 0.180. The van der Waals surface area contributed by atoms with Crippen molar-refractivity contribution in [3.63, 3.8) is 0 Å². The van der Waals surface area contributed by atoms with E-state index in [4.69, 9.17) is 0 Å². The lowest BCUT2D eigenvalue weighted by Crippen LogP contribution is -2.04. The quantitative estimate of drug-likeness (QED) is 0.764. The predicted octanol–water partition coefficient (Wildman–Crippen LogP) is 0.893. The van der Waals surface area contributed by atoms with Crippen LogP contribution >= 0.6 is 0 Å². The minimum Gasteiger partial charge on any atom is -0.493 e. The van der Waals surface area contributed by atoms with Crippen LogP contribution in [0.15, 0.2) is 12.7 Å². The van der Waals surface area contributed by atoms with Gasteiger partial charge in [-0.2, -0.15) is 0 Å². The van der Waals surface area contributed by atoms with E-state index >= 15 is 0 Å². The molecule has 0 amide bonds. The van der Waals surface area contributed by atoms with E-state index in [0.29, 0.717) is 17.4 Å². The van der Waals surface area contributed by atoms with Crippen LogP contribution in [0, 0.1) is 5.92 Å². The van der Waals surface area contributed by atoms with E-state index in [1.807, 2.05) is 0 Å². The topological polar surface area (TPSA) is 63.8 Å². The Balaban J connectivity index is 2.05. The molecule has 2 aliphatic heterocycles. The monoisotopic (exact) mass is 190 g/mol. The van der Waals surface area contributed by atoms with Gasteiger partial charge in [0.05, 0.1) is 6.33 Å². The van der Waals surface area contributed by atoms with Crippen LogP contribution in [0.3, 0.4) is 0 Å². The van der Waals surface area contributed by atoms with Crippen molar-refractivity contribution in [2.24, 2.45) is 5.92 Å². The van der Waals surface area contributed by atoms with Crippen LogP contribution in [0.5, 0.6) is 5.88 Å². The molecule has 2 heterocycles. The van der Waals surface area contributed by atoms with Crippen molar-refractivity contribution in [1.82, 2.24) is 19.5 Å². The lowest BCUT2D eigenvalue weighted by atomic mass is 10.3. The fourth-order valence-electron chi connectivity index (χ4n) is 1.54. The molecule has 1 saturated carbocycles. The molecule has 0 aromatic heterocycles. The zero-order valence-corrected chi connectivity index (χ0v) is 7.59. The van der Waals surface area contributed by atoms with Crippen molar-refractivity contribution < 1.29 is 5.11 Å². The second kappa shape index (κ2) is 2.67. The third-order valence-corrected chi connectivity index (χ3v) is 2.53. The molecule has 0 unspecified atom stereocenters. The summed E-state index contributed by atoms with van der Waals surface area (Å²) in [6, 6.07) is 0. The molecule has 1 aliphatic carbocycles. The molecule has 0 aromatic carbocycles. The van der Waals surface area contributed by atoms with Crippen molar-refractivity contribution in [3.05, 3.63) is 12.7 Å². The molecule has 1 fully saturated rings. The average Bonchev–Trinajstić information content (AvgIpc) is 2.85. The number of imidazole rings is 1. The number of hydrogen-bond donors (Lipinski definition) is 1. The first-order valence-corrected chi connectivity index (χ1v) is 4.69. The normalized spacial score (nSPS) is 16.3. The highest BCUT2D eigenvalue weighted by Crippen LogP contribution is 2.33. The number of aromatic nitrogens is 4. The predicted molar refractivity (Wildman–Crippen MR) is 48.8 cm³/mol. The average molecular weight is 190 g/mol. The summed E-state index contributed by atoms with van der Waals surface area (Å²) in [6.07, 6.45) is 5.54. The summed E-state index contributed by atoms with van der Waals surface area (Å²) in [5, 5.41) is 9.84. The van der Waals surface area contributed by atoms with E-state index in [2.05, 4.69) is 15.0 Å². The van der Waals surface area contributed by atoms with Gasteiger partial charge in [0.25, 0.3) is 0 Å². The van der Waals surface area contributed by atoms with Gasteiger partial charge in [0.15, 0.2) is 11.5 Å². The molecule has 0 spiro atoms. The standard InChI is InChI=1S/C9H10N4O/c14-9-7-8(11-4-10-7)12-5-13(9)3-6-1-2-6/h4-6,14H,1-3H2. The van der Waals surface area contributed by atoms with E-state index in [1.165, 1.54) is 19.2 Å². The second-order valence-electron chi connectivity index (χ2n) is 3.71. The Hall–Kier alpha value is -1.65. The van der Waals surface area contributed by atoms with E-state index in [0.717, 1.165) is 6.54 Å². The summed E-state index contributed by atoms with van der Waals surface area (Å²) < 4.78 is 1.74. The minimum absolute atomic E-state index is 0.180. The maximum atomic E-state index is 9.84. The van der Waals surface area contributed by atoms with Gasteiger partial charge in [-0.1, -0.05) is 0 Å². The Morgan fingerprint density at radius 2 is 2.21 bits per heavy atom. The molecule has 0 atom stereocenters. The first-order chi connectivity index (χ1) is 6.84. The largest absolute Gasteiger partial charge is 0.493 e. The summed E-state index contributed by atoms with van der Waals surface area (Å²) in [5.41, 5.74) is 0.494. The Morgan fingerprint density at radius 1 is 1.36 bits per heavy atom. The van der Waals surface area contributed by atoms with Gasteiger partial charge in [0.2, 0.25) is 5.88 Å². The van der Waals surface area contributed by atoms with Gasteiger partial charge in [-0.25, -0.2) is 15.0 Å². The van der Waals surface area contributed by atoms with Crippen LogP contribution in [-0.2, 0) is 6.54 Å². The van der Waals surface area contributed by atoms with Gasteiger partial charge in [-0.3, -0.25) is 0 Å². The third-order valence-electron chi connectivity index (χ3n) is 2.53. The summed E-state index contributed by atoms with van der Waals surface area (Å²) in [6.45, 7) is 0.835. The SMILES string of the molecule is Oc1c2ncnc-2ncn1CC1CC1. The van der Waals surface area contributed by atoms with Crippen molar-refractivity contribution >= 4 is 0 Å². The third kappa shape index (κ3) is 1.13. The van der Waals surface area contributed by atoms with Crippen molar-refractivity contribution in [2.75, 3.05) is 0 Å². The van der Waals surface area contributed by atoms with Crippen LogP contribution in [0.4, 0.5) is 0 Å². The Bertz CT molecular complexity index is 435. The first kappa shape index (κ1) is 7.73. The highest BCUT2D eigenvalue weighted by atomic mass is 16.3. The van der Waals surface area contributed by atoms with Crippen LogP contribution < -0.4 is 0 Å². The summed E-state index contributed by atoms with van der Waals surface area (Å²) in [7, 11) is 0. The molecule has 0 radical (unpaired) electrons. The second-order valence-corrected chi connectivity index (χ2v) is 3.71. The molecular weight excluding hydrogens is 180 g/mol. The fraction of sp³-hybridized carbons (Fsp3) is 0.444. The molecular formula is C9H10N4O. The van der Waals surface area contributed by atoms with Crippen molar-refractivity contribution in [3.8, 4) is 17.4 Å². The van der Waals surface area contributed by atoms with E-state index < -0.39 is 0 Å². The van der Waals surface area contributed by atoms with Gasteiger partial charge in [0, 0.05) is 6.54 Å². The van der Waals surface area contributed by atoms with Crippen LogP contribution in [-0.4, -0.2) is 24.6 Å². The van der Waals surface area contributed by atoms with Gasteiger partial charge in [-0.15, -0.1) is 0 Å². The Labute approximate surface area is 80.8 Å². The molecule has 5 heteroatoms. The highest BCUT2D eigenvalue weighted by molar-refractivity contribution is 5.56. The zero-order chi connectivity index (χ0) is 9.54.